The number of carbonyl (C=O) groups excluding carboxylic acids is 2. The van der Waals surface area contributed by atoms with Crippen LogP contribution in [0.25, 0.3) is 21.9 Å². The van der Waals surface area contributed by atoms with Gasteiger partial charge in [-0.05, 0) is 53.9 Å². The number of rotatable bonds is 5. The van der Waals surface area contributed by atoms with Crippen LogP contribution in [0.5, 0.6) is 0 Å². The number of carbonyl (C=O) groups is 2. The molecule has 1 unspecified atom stereocenters. The molecule has 1 aliphatic rings. The Morgan fingerprint density at radius 2 is 1.81 bits per heavy atom. The van der Waals surface area contributed by atoms with Gasteiger partial charge in [-0.15, -0.1) is 0 Å². The summed E-state index contributed by atoms with van der Waals surface area (Å²) in [5, 5.41) is 13.1. The highest BCUT2D eigenvalue weighted by Gasteiger charge is 2.46. The maximum atomic E-state index is 13.9. The molecular formula is C30H23ClN2O4. The predicted octanol–water partition coefficient (Wildman–Crippen LogP) is 7.47. The van der Waals surface area contributed by atoms with Crippen molar-refractivity contribution in [2.75, 3.05) is 4.90 Å². The third kappa shape index (κ3) is 3.72. The molecule has 2 aromatic heterocycles. The van der Waals surface area contributed by atoms with Crippen LogP contribution < -0.4 is 4.90 Å². The highest BCUT2D eigenvalue weighted by Crippen LogP contribution is 2.44. The fourth-order valence-corrected chi connectivity index (χ4v) is 5.18. The Kier molecular flexibility index (Phi) is 5.42. The Bertz CT molecular complexity index is 1730. The SMILES string of the molecule is CC(C)c1ccc(N2C(=O)C(O)=C(C(=O)c3cc4cc(Cl)ccc4o3)C2c2c[nH]c3ccccc23)cc1. The van der Waals surface area contributed by atoms with Crippen LogP contribution in [-0.4, -0.2) is 21.8 Å². The average Bonchev–Trinajstić information content (AvgIpc) is 3.58. The molecule has 0 spiro atoms. The molecule has 0 saturated heterocycles. The summed E-state index contributed by atoms with van der Waals surface area (Å²) in [6.07, 6.45) is 1.78. The van der Waals surface area contributed by atoms with Crippen LogP contribution in [0.4, 0.5) is 5.69 Å². The first kappa shape index (κ1) is 23.1. The van der Waals surface area contributed by atoms with Crippen molar-refractivity contribution in [3.8, 4) is 0 Å². The summed E-state index contributed by atoms with van der Waals surface area (Å²) in [6.45, 7) is 4.19. The summed E-state index contributed by atoms with van der Waals surface area (Å²) in [5.74, 6) is -1.46. The zero-order chi connectivity index (χ0) is 25.8. The number of hydrogen-bond acceptors (Lipinski definition) is 4. The fourth-order valence-electron chi connectivity index (χ4n) is 5.00. The minimum Gasteiger partial charge on any atom is -0.503 e. The summed E-state index contributed by atoms with van der Waals surface area (Å²) >= 11 is 6.11. The number of hydrogen-bond donors (Lipinski definition) is 2. The highest BCUT2D eigenvalue weighted by molar-refractivity contribution is 6.31. The standard InChI is InChI=1S/C30H23ClN2O4/c1-16(2)17-7-10-20(11-8-17)33-27(22-15-32-23-6-4-3-5-21(22)23)26(29(35)30(33)36)28(34)25-14-18-13-19(31)9-12-24(18)37-25/h3-16,27,32,35H,1-2H3. The van der Waals surface area contributed by atoms with E-state index < -0.39 is 23.5 Å². The maximum absolute atomic E-state index is 13.9. The lowest BCUT2D eigenvalue weighted by atomic mass is 9.94. The molecule has 1 amide bonds. The maximum Gasteiger partial charge on any atom is 0.294 e. The third-order valence-electron chi connectivity index (χ3n) is 6.91. The van der Waals surface area contributed by atoms with Crippen molar-refractivity contribution in [1.82, 2.24) is 4.98 Å². The molecule has 6 rings (SSSR count). The number of fused-ring (bicyclic) bond motifs is 2. The van der Waals surface area contributed by atoms with Gasteiger partial charge >= 0.3 is 0 Å². The smallest absolute Gasteiger partial charge is 0.294 e. The monoisotopic (exact) mass is 510 g/mol. The van der Waals surface area contributed by atoms with Crippen LogP contribution in [0.2, 0.25) is 5.02 Å². The van der Waals surface area contributed by atoms with Crippen molar-refractivity contribution < 1.29 is 19.1 Å². The van der Waals surface area contributed by atoms with Gasteiger partial charge in [-0.3, -0.25) is 14.5 Å². The highest BCUT2D eigenvalue weighted by atomic mass is 35.5. The number of anilines is 1. The molecule has 0 saturated carbocycles. The molecule has 3 aromatic carbocycles. The van der Waals surface area contributed by atoms with Gasteiger partial charge in [0.1, 0.15) is 5.58 Å². The Hall–Kier alpha value is -4.29. The van der Waals surface area contributed by atoms with Crippen LogP contribution in [0.3, 0.4) is 0 Å². The van der Waals surface area contributed by atoms with Crippen molar-refractivity contribution in [3.63, 3.8) is 0 Å². The summed E-state index contributed by atoms with van der Waals surface area (Å²) in [6, 6.07) is 21.0. The first-order chi connectivity index (χ1) is 17.8. The number of aromatic nitrogens is 1. The van der Waals surface area contributed by atoms with E-state index in [2.05, 4.69) is 18.8 Å². The van der Waals surface area contributed by atoms with Crippen molar-refractivity contribution >= 4 is 50.9 Å². The number of nitrogens with one attached hydrogen (secondary N) is 1. The second-order valence-corrected chi connectivity index (χ2v) is 9.93. The largest absolute Gasteiger partial charge is 0.503 e. The number of H-pyrrole nitrogens is 1. The fraction of sp³-hybridized carbons (Fsp3) is 0.133. The molecule has 5 aromatic rings. The number of aliphatic hydroxyl groups excluding tert-OH is 1. The Morgan fingerprint density at radius 3 is 2.57 bits per heavy atom. The lowest BCUT2D eigenvalue weighted by Gasteiger charge is -2.26. The second kappa shape index (κ2) is 8.68. The quantitative estimate of drug-likeness (QED) is 0.240. The number of aromatic amines is 1. The molecule has 0 radical (unpaired) electrons. The molecular weight excluding hydrogens is 488 g/mol. The van der Waals surface area contributed by atoms with Crippen LogP contribution in [0.1, 0.15) is 47.5 Å². The van der Waals surface area contributed by atoms with E-state index in [-0.39, 0.29) is 11.3 Å². The number of aliphatic hydroxyl groups is 1. The van der Waals surface area contributed by atoms with Crippen LogP contribution in [0, 0.1) is 0 Å². The zero-order valence-electron chi connectivity index (χ0n) is 20.2. The van der Waals surface area contributed by atoms with Gasteiger partial charge in [0.25, 0.3) is 5.91 Å². The Balaban J connectivity index is 1.52. The number of halogens is 1. The first-order valence-electron chi connectivity index (χ1n) is 12.0. The average molecular weight is 511 g/mol. The molecule has 184 valence electrons. The number of para-hydroxylation sites is 1. The van der Waals surface area contributed by atoms with E-state index in [0.29, 0.717) is 33.2 Å². The lowest BCUT2D eigenvalue weighted by molar-refractivity contribution is -0.117. The van der Waals surface area contributed by atoms with Crippen molar-refractivity contribution in [2.24, 2.45) is 0 Å². The van der Waals surface area contributed by atoms with E-state index in [1.807, 2.05) is 48.5 Å². The lowest BCUT2D eigenvalue weighted by Crippen LogP contribution is -2.31. The summed E-state index contributed by atoms with van der Waals surface area (Å²) in [7, 11) is 0. The molecule has 0 aliphatic carbocycles. The van der Waals surface area contributed by atoms with Gasteiger partial charge in [-0.1, -0.05) is 55.8 Å². The van der Waals surface area contributed by atoms with Gasteiger partial charge in [0.2, 0.25) is 5.78 Å². The first-order valence-corrected chi connectivity index (χ1v) is 12.4. The van der Waals surface area contributed by atoms with Crippen molar-refractivity contribution in [2.45, 2.75) is 25.8 Å². The topological polar surface area (TPSA) is 86.5 Å². The molecule has 6 nitrogen and oxygen atoms in total. The summed E-state index contributed by atoms with van der Waals surface area (Å²) in [5.41, 5.74) is 3.71. The zero-order valence-corrected chi connectivity index (χ0v) is 20.9. The third-order valence-corrected chi connectivity index (χ3v) is 7.14. The van der Waals surface area contributed by atoms with E-state index in [9.17, 15) is 14.7 Å². The predicted molar refractivity (Wildman–Crippen MR) is 144 cm³/mol. The van der Waals surface area contributed by atoms with Gasteiger partial charge in [0.15, 0.2) is 11.5 Å². The van der Waals surface area contributed by atoms with E-state index in [0.717, 1.165) is 16.5 Å². The number of amides is 1. The van der Waals surface area contributed by atoms with Crippen LogP contribution in [0.15, 0.2) is 94.7 Å². The molecule has 3 heterocycles. The molecule has 7 heteroatoms. The summed E-state index contributed by atoms with van der Waals surface area (Å²) < 4.78 is 5.83. The van der Waals surface area contributed by atoms with Crippen LogP contribution in [-0.2, 0) is 4.79 Å². The van der Waals surface area contributed by atoms with E-state index in [4.69, 9.17) is 16.0 Å². The van der Waals surface area contributed by atoms with Crippen molar-refractivity contribution in [1.29, 1.82) is 0 Å². The number of ketones is 1. The molecule has 1 aliphatic heterocycles. The number of Topliss-reactive ketones (excluding diaryl/α,β-unsaturated/α-hetero) is 1. The molecule has 0 bridgehead atoms. The second-order valence-electron chi connectivity index (χ2n) is 9.50. The molecule has 0 fully saturated rings. The van der Waals surface area contributed by atoms with E-state index in [1.165, 1.54) is 4.90 Å². The Labute approximate surface area is 217 Å². The van der Waals surface area contributed by atoms with E-state index >= 15 is 0 Å². The normalized spacial score (nSPS) is 16.1. The molecule has 2 N–H and O–H groups in total. The Morgan fingerprint density at radius 1 is 1.05 bits per heavy atom. The van der Waals surface area contributed by atoms with Crippen molar-refractivity contribution in [3.05, 3.63) is 112 Å². The van der Waals surface area contributed by atoms with Gasteiger partial charge in [0.05, 0.1) is 11.6 Å². The summed E-state index contributed by atoms with van der Waals surface area (Å²) in [4.78, 5) is 32.1. The molecule has 37 heavy (non-hydrogen) atoms. The van der Waals surface area contributed by atoms with Gasteiger partial charge in [-0.25, -0.2) is 0 Å². The van der Waals surface area contributed by atoms with Gasteiger partial charge in [0, 0.05) is 38.8 Å². The minimum atomic E-state index is -0.863. The number of benzene rings is 3. The number of nitrogens with zero attached hydrogens (tertiary/aromatic N) is 1. The minimum absolute atomic E-state index is 0.0217. The van der Waals surface area contributed by atoms with E-state index in [1.54, 1.807) is 30.5 Å². The van der Waals surface area contributed by atoms with Gasteiger partial charge in [-0.2, -0.15) is 0 Å². The van der Waals surface area contributed by atoms with Crippen LogP contribution >= 0.6 is 11.6 Å². The van der Waals surface area contributed by atoms with Gasteiger partial charge < -0.3 is 14.5 Å². The molecule has 1 atom stereocenters. The number of furan rings is 1.